The Balaban J connectivity index is 2.85. The number of rotatable bonds is 4. The summed E-state index contributed by atoms with van der Waals surface area (Å²) in [5.74, 6) is 0. The fourth-order valence-electron chi connectivity index (χ4n) is 1.54. The lowest BCUT2D eigenvalue weighted by Gasteiger charge is -2.19. The highest BCUT2D eigenvalue weighted by Crippen LogP contribution is 2.21. The molecule has 1 aromatic carbocycles. The Kier molecular flexibility index (Phi) is 4.53. The minimum absolute atomic E-state index is 0.291. The van der Waals surface area contributed by atoms with Gasteiger partial charge in [0, 0.05) is 7.11 Å². The van der Waals surface area contributed by atoms with Crippen molar-refractivity contribution in [1.82, 2.24) is 0 Å². The fourth-order valence-corrected chi connectivity index (χ4v) is 1.54. The van der Waals surface area contributed by atoms with Crippen molar-refractivity contribution >= 4 is 0 Å². The number of ether oxygens (including phenoxy) is 1. The lowest BCUT2D eigenvalue weighted by molar-refractivity contribution is 0.0105. The van der Waals surface area contributed by atoms with Crippen LogP contribution in [0.2, 0.25) is 0 Å². The molecular formula is C13H18O2. The van der Waals surface area contributed by atoms with Gasteiger partial charge in [-0.3, -0.25) is 0 Å². The van der Waals surface area contributed by atoms with Gasteiger partial charge >= 0.3 is 0 Å². The maximum atomic E-state index is 9.93. The molecule has 0 aliphatic heterocycles. The second-order valence-corrected chi connectivity index (χ2v) is 3.80. The van der Waals surface area contributed by atoms with Crippen LogP contribution in [-0.4, -0.2) is 18.3 Å². The molecule has 0 radical (unpaired) electrons. The number of hydrogen-bond acceptors (Lipinski definition) is 2. The molecule has 0 saturated carbocycles. The van der Waals surface area contributed by atoms with Crippen molar-refractivity contribution in [1.29, 1.82) is 0 Å². The van der Waals surface area contributed by atoms with Crippen molar-refractivity contribution in [2.45, 2.75) is 26.1 Å². The molecule has 0 aromatic heterocycles. The first-order valence-electron chi connectivity index (χ1n) is 5.06. The van der Waals surface area contributed by atoms with E-state index in [2.05, 4.69) is 0 Å². The van der Waals surface area contributed by atoms with Crippen LogP contribution >= 0.6 is 0 Å². The Hall–Kier alpha value is -1.12. The van der Waals surface area contributed by atoms with Gasteiger partial charge in [0.1, 0.15) is 12.2 Å². The zero-order valence-electron chi connectivity index (χ0n) is 9.47. The predicted octanol–water partition coefficient (Wildman–Crippen LogP) is 2.70. The standard InChI is InChI=1S/C13H18O2/c1-10(2)9-12(14)13(15-3)11-7-5-4-6-8-11/h4-9,12-14H,1-3H3. The van der Waals surface area contributed by atoms with Gasteiger partial charge in [-0.15, -0.1) is 0 Å². The number of methoxy groups -OCH3 is 1. The first-order chi connectivity index (χ1) is 7.15. The van der Waals surface area contributed by atoms with E-state index in [1.165, 1.54) is 0 Å². The van der Waals surface area contributed by atoms with Crippen LogP contribution in [0.5, 0.6) is 0 Å². The summed E-state index contributed by atoms with van der Waals surface area (Å²) < 4.78 is 5.30. The van der Waals surface area contributed by atoms with Crippen LogP contribution in [-0.2, 0) is 4.74 Å². The molecule has 0 heterocycles. The van der Waals surface area contributed by atoms with E-state index in [4.69, 9.17) is 4.74 Å². The highest BCUT2D eigenvalue weighted by atomic mass is 16.5. The van der Waals surface area contributed by atoms with Crippen LogP contribution in [0.15, 0.2) is 42.0 Å². The normalized spacial score (nSPS) is 14.4. The van der Waals surface area contributed by atoms with Gasteiger partial charge in [-0.05, 0) is 19.4 Å². The van der Waals surface area contributed by atoms with E-state index in [1.54, 1.807) is 13.2 Å². The van der Waals surface area contributed by atoms with Crippen molar-refractivity contribution in [2.24, 2.45) is 0 Å². The number of allylic oxidation sites excluding steroid dienone is 1. The van der Waals surface area contributed by atoms with E-state index < -0.39 is 6.10 Å². The van der Waals surface area contributed by atoms with Gasteiger partial charge in [0.25, 0.3) is 0 Å². The van der Waals surface area contributed by atoms with Crippen LogP contribution < -0.4 is 0 Å². The Morgan fingerprint density at radius 2 is 1.87 bits per heavy atom. The third-order valence-corrected chi connectivity index (χ3v) is 2.20. The molecule has 1 rings (SSSR count). The molecule has 1 N–H and O–H groups in total. The fraction of sp³-hybridized carbons (Fsp3) is 0.385. The van der Waals surface area contributed by atoms with Gasteiger partial charge in [0.05, 0.1) is 0 Å². The van der Waals surface area contributed by atoms with E-state index in [0.29, 0.717) is 0 Å². The molecule has 15 heavy (non-hydrogen) atoms. The second kappa shape index (κ2) is 5.69. The molecule has 0 saturated heterocycles. The highest BCUT2D eigenvalue weighted by Gasteiger charge is 2.17. The van der Waals surface area contributed by atoms with Gasteiger partial charge in [-0.25, -0.2) is 0 Å². The van der Waals surface area contributed by atoms with Crippen LogP contribution in [0.3, 0.4) is 0 Å². The molecule has 2 heteroatoms. The van der Waals surface area contributed by atoms with Crippen LogP contribution in [0.25, 0.3) is 0 Å². The van der Waals surface area contributed by atoms with Crippen molar-refractivity contribution in [3.8, 4) is 0 Å². The summed E-state index contributed by atoms with van der Waals surface area (Å²) in [7, 11) is 1.61. The molecule has 0 fully saturated rings. The average Bonchev–Trinajstić information content (AvgIpc) is 2.19. The number of hydrogen-bond donors (Lipinski definition) is 1. The summed E-state index contributed by atoms with van der Waals surface area (Å²) in [5.41, 5.74) is 2.07. The quantitative estimate of drug-likeness (QED) is 0.767. The van der Waals surface area contributed by atoms with E-state index in [1.807, 2.05) is 44.2 Å². The molecule has 0 amide bonds. The predicted molar refractivity (Wildman–Crippen MR) is 61.6 cm³/mol. The zero-order chi connectivity index (χ0) is 11.3. The first kappa shape index (κ1) is 12.0. The van der Waals surface area contributed by atoms with Gasteiger partial charge < -0.3 is 9.84 Å². The number of aliphatic hydroxyl groups excluding tert-OH is 1. The summed E-state index contributed by atoms with van der Waals surface area (Å²) >= 11 is 0. The van der Waals surface area contributed by atoms with Gasteiger partial charge in [0.2, 0.25) is 0 Å². The SMILES string of the molecule is COC(c1ccccc1)C(O)C=C(C)C. The van der Waals surface area contributed by atoms with E-state index >= 15 is 0 Å². The van der Waals surface area contributed by atoms with Crippen LogP contribution in [0.4, 0.5) is 0 Å². The average molecular weight is 206 g/mol. The minimum Gasteiger partial charge on any atom is -0.386 e. The molecule has 2 unspecified atom stereocenters. The number of aliphatic hydroxyl groups is 1. The second-order valence-electron chi connectivity index (χ2n) is 3.80. The summed E-state index contributed by atoms with van der Waals surface area (Å²) in [5, 5.41) is 9.93. The summed E-state index contributed by atoms with van der Waals surface area (Å²) in [6.07, 6.45) is 0.921. The third kappa shape index (κ3) is 3.50. The van der Waals surface area contributed by atoms with Crippen LogP contribution in [0.1, 0.15) is 25.5 Å². The molecule has 82 valence electrons. The molecule has 2 nitrogen and oxygen atoms in total. The van der Waals surface area contributed by atoms with Crippen LogP contribution in [0, 0.1) is 0 Å². The van der Waals surface area contributed by atoms with Gasteiger partial charge in [0.15, 0.2) is 0 Å². The van der Waals surface area contributed by atoms with Gasteiger partial charge in [-0.2, -0.15) is 0 Å². The zero-order valence-corrected chi connectivity index (χ0v) is 9.47. The lowest BCUT2D eigenvalue weighted by Crippen LogP contribution is -2.18. The monoisotopic (exact) mass is 206 g/mol. The topological polar surface area (TPSA) is 29.5 Å². The Morgan fingerprint density at radius 3 is 2.33 bits per heavy atom. The molecule has 0 aliphatic rings. The lowest BCUT2D eigenvalue weighted by atomic mass is 10.0. The highest BCUT2D eigenvalue weighted by molar-refractivity contribution is 5.20. The minimum atomic E-state index is -0.595. The van der Waals surface area contributed by atoms with Gasteiger partial charge in [-0.1, -0.05) is 42.0 Å². The largest absolute Gasteiger partial charge is 0.386 e. The molecule has 1 aromatic rings. The molecule has 2 atom stereocenters. The summed E-state index contributed by atoms with van der Waals surface area (Å²) in [6, 6.07) is 9.74. The molecule has 0 bridgehead atoms. The molecule has 0 spiro atoms. The smallest absolute Gasteiger partial charge is 0.112 e. The van der Waals surface area contributed by atoms with E-state index in [0.717, 1.165) is 11.1 Å². The maximum Gasteiger partial charge on any atom is 0.112 e. The van der Waals surface area contributed by atoms with Crippen molar-refractivity contribution in [3.63, 3.8) is 0 Å². The number of benzene rings is 1. The first-order valence-corrected chi connectivity index (χ1v) is 5.06. The summed E-state index contributed by atoms with van der Waals surface area (Å²) in [4.78, 5) is 0. The maximum absolute atomic E-state index is 9.93. The Bertz CT molecular complexity index is 313. The van der Waals surface area contributed by atoms with E-state index in [9.17, 15) is 5.11 Å². The third-order valence-electron chi connectivity index (χ3n) is 2.20. The van der Waals surface area contributed by atoms with Crippen molar-refractivity contribution in [3.05, 3.63) is 47.5 Å². The molecular weight excluding hydrogens is 188 g/mol. The molecule has 0 aliphatic carbocycles. The summed E-state index contributed by atoms with van der Waals surface area (Å²) in [6.45, 7) is 3.92. The van der Waals surface area contributed by atoms with Crippen molar-refractivity contribution in [2.75, 3.05) is 7.11 Å². The Morgan fingerprint density at radius 1 is 1.27 bits per heavy atom. The van der Waals surface area contributed by atoms with Crippen molar-refractivity contribution < 1.29 is 9.84 Å². The Labute approximate surface area is 91.2 Å². The van der Waals surface area contributed by atoms with E-state index in [-0.39, 0.29) is 6.10 Å².